The number of rotatable bonds is 4. The molecule has 0 saturated heterocycles. The van der Waals surface area contributed by atoms with E-state index in [0.717, 1.165) is 12.8 Å². The van der Waals surface area contributed by atoms with Gasteiger partial charge in [0.25, 0.3) is 0 Å². The molecule has 12 heavy (non-hydrogen) atoms. The molecule has 0 fully saturated rings. The SMILES string of the molecule is CC(C)CC(=O)CC(C)C.CCl. The van der Waals surface area contributed by atoms with E-state index in [1.165, 1.54) is 6.38 Å². The third-order valence-corrected chi connectivity index (χ3v) is 1.27. The molecule has 0 aromatic heterocycles. The maximum absolute atomic E-state index is 11.1. The van der Waals surface area contributed by atoms with Crippen LogP contribution in [0.15, 0.2) is 0 Å². The maximum atomic E-state index is 11.1. The molecule has 0 spiro atoms. The first kappa shape index (κ1) is 14.5. The first-order valence-corrected chi connectivity index (χ1v) is 5.17. The average Bonchev–Trinajstić information content (AvgIpc) is 1.87. The summed E-state index contributed by atoms with van der Waals surface area (Å²) in [6, 6.07) is 0. The summed E-state index contributed by atoms with van der Waals surface area (Å²) in [5.74, 6) is 1.45. The van der Waals surface area contributed by atoms with Gasteiger partial charge in [0, 0.05) is 19.2 Å². The molecule has 0 aromatic rings. The van der Waals surface area contributed by atoms with Crippen LogP contribution in [0.5, 0.6) is 0 Å². The zero-order valence-electron chi connectivity index (χ0n) is 8.86. The third-order valence-electron chi connectivity index (χ3n) is 1.27. The summed E-state index contributed by atoms with van der Waals surface area (Å²) in [4.78, 5) is 11.1. The molecule has 0 aromatic carbocycles. The first-order chi connectivity index (χ1) is 5.52. The quantitative estimate of drug-likeness (QED) is 0.624. The molecule has 0 atom stereocenters. The molecule has 0 rings (SSSR count). The zero-order valence-corrected chi connectivity index (χ0v) is 9.61. The number of hydrogen-bond donors (Lipinski definition) is 0. The summed E-state index contributed by atoms with van der Waals surface area (Å²) < 4.78 is 0. The predicted octanol–water partition coefficient (Wildman–Crippen LogP) is 3.50. The topological polar surface area (TPSA) is 17.1 Å². The summed E-state index contributed by atoms with van der Waals surface area (Å²) in [5, 5.41) is 0. The Bertz CT molecular complexity index is 96.4. The van der Waals surface area contributed by atoms with Crippen LogP contribution in [0.4, 0.5) is 0 Å². The van der Waals surface area contributed by atoms with Crippen LogP contribution in [0.2, 0.25) is 0 Å². The van der Waals surface area contributed by atoms with Crippen LogP contribution in [0.25, 0.3) is 0 Å². The Morgan fingerprint density at radius 1 is 1.00 bits per heavy atom. The zero-order chi connectivity index (χ0) is 10.1. The molecule has 0 aliphatic rings. The molecule has 0 heterocycles. The largest absolute Gasteiger partial charge is 0.300 e. The van der Waals surface area contributed by atoms with Gasteiger partial charge < -0.3 is 0 Å². The highest BCUT2D eigenvalue weighted by Crippen LogP contribution is 2.07. The van der Waals surface area contributed by atoms with Gasteiger partial charge in [0.2, 0.25) is 0 Å². The van der Waals surface area contributed by atoms with Gasteiger partial charge in [0.1, 0.15) is 5.78 Å². The van der Waals surface area contributed by atoms with Crippen molar-refractivity contribution < 1.29 is 4.79 Å². The van der Waals surface area contributed by atoms with Crippen LogP contribution in [-0.4, -0.2) is 12.2 Å². The minimum atomic E-state index is 0.407. The summed E-state index contributed by atoms with van der Waals surface area (Å²) >= 11 is 4.64. The molecule has 74 valence electrons. The second kappa shape index (κ2) is 9.05. The van der Waals surface area contributed by atoms with Gasteiger partial charge in [-0.2, -0.15) is 0 Å². The van der Waals surface area contributed by atoms with Crippen molar-refractivity contribution in [2.24, 2.45) is 11.8 Å². The van der Waals surface area contributed by atoms with Crippen molar-refractivity contribution in [3.63, 3.8) is 0 Å². The lowest BCUT2D eigenvalue weighted by molar-refractivity contribution is -0.120. The Morgan fingerprint density at radius 3 is 1.42 bits per heavy atom. The fourth-order valence-electron chi connectivity index (χ4n) is 0.994. The summed E-state index contributed by atoms with van der Waals surface area (Å²) in [7, 11) is 0. The second-order valence-corrected chi connectivity index (χ2v) is 3.73. The number of hydrogen-bond acceptors (Lipinski definition) is 1. The van der Waals surface area contributed by atoms with Gasteiger partial charge in [0.05, 0.1) is 0 Å². The van der Waals surface area contributed by atoms with Gasteiger partial charge >= 0.3 is 0 Å². The normalized spacial score (nSPS) is 9.67. The van der Waals surface area contributed by atoms with E-state index in [-0.39, 0.29) is 0 Å². The highest BCUT2D eigenvalue weighted by Gasteiger charge is 2.06. The fourth-order valence-corrected chi connectivity index (χ4v) is 0.994. The number of ketones is 1. The van der Waals surface area contributed by atoms with Gasteiger partial charge in [-0.3, -0.25) is 4.79 Å². The minimum absolute atomic E-state index is 0.407. The Morgan fingerprint density at radius 2 is 1.25 bits per heavy atom. The van der Waals surface area contributed by atoms with Gasteiger partial charge in [0.15, 0.2) is 0 Å². The van der Waals surface area contributed by atoms with Crippen LogP contribution in [0, 0.1) is 11.8 Å². The minimum Gasteiger partial charge on any atom is -0.300 e. The summed E-state index contributed by atoms with van der Waals surface area (Å²) in [6.07, 6.45) is 2.97. The van der Waals surface area contributed by atoms with Crippen molar-refractivity contribution in [1.82, 2.24) is 0 Å². The Balaban J connectivity index is 0. The number of carbonyl (C=O) groups is 1. The fraction of sp³-hybridized carbons (Fsp3) is 0.900. The third kappa shape index (κ3) is 12.6. The van der Waals surface area contributed by atoms with Gasteiger partial charge in [-0.25, -0.2) is 0 Å². The Labute approximate surface area is 81.5 Å². The maximum Gasteiger partial charge on any atom is 0.133 e. The molecule has 0 saturated carbocycles. The molecule has 0 bridgehead atoms. The molecule has 2 heteroatoms. The van der Waals surface area contributed by atoms with E-state index >= 15 is 0 Å². The van der Waals surface area contributed by atoms with Crippen LogP contribution in [0.3, 0.4) is 0 Å². The van der Waals surface area contributed by atoms with Crippen LogP contribution < -0.4 is 0 Å². The van der Waals surface area contributed by atoms with E-state index in [1.807, 2.05) is 0 Å². The molecule has 1 nitrogen and oxygen atoms in total. The van der Waals surface area contributed by atoms with Crippen LogP contribution >= 0.6 is 11.6 Å². The number of Topliss-reactive ketones (excluding diaryl/α,β-unsaturated/α-hetero) is 1. The lowest BCUT2D eigenvalue weighted by Crippen LogP contribution is -2.05. The molecule has 0 radical (unpaired) electrons. The Kier molecular flexibility index (Phi) is 10.9. The molecule has 0 amide bonds. The van der Waals surface area contributed by atoms with Gasteiger partial charge in [-0.05, 0) is 11.8 Å². The second-order valence-electron chi connectivity index (χ2n) is 3.73. The summed E-state index contributed by atoms with van der Waals surface area (Å²) in [6.45, 7) is 8.33. The highest BCUT2D eigenvalue weighted by atomic mass is 35.5. The van der Waals surface area contributed by atoms with Gasteiger partial charge in [-0.1, -0.05) is 27.7 Å². The van der Waals surface area contributed by atoms with Crippen molar-refractivity contribution in [1.29, 1.82) is 0 Å². The van der Waals surface area contributed by atoms with E-state index in [2.05, 4.69) is 39.3 Å². The standard InChI is InChI=1S/C9H18O.CH3Cl/c1-7(2)5-9(10)6-8(3)4;1-2/h7-8H,5-6H2,1-4H3;1H3. The number of alkyl halides is 1. The van der Waals surface area contributed by atoms with E-state index < -0.39 is 0 Å². The summed E-state index contributed by atoms with van der Waals surface area (Å²) in [5.41, 5.74) is 0. The monoisotopic (exact) mass is 192 g/mol. The van der Waals surface area contributed by atoms with E-state index in [0.29, 0.717) is 17.6 Å². The molecule has 0 N–H and O–H groups in total. The van der Waals surface area contributed by atoms with Crippen molar-refractivity contribution >= 4 is 17.4 Å². The van der Waals surface area contributed by atoms with Crippen LogP contribution in [-0.2, 0) is 4.79 Å². The first-order valence-electron chi connectivity index (χ1n) is 4.42. The predicted molar refractivity (Wildman–Crippen MR) is 55.7 cm³/mol. The molecular weight excluding hydrogens is 172 g/mol. The van der Waals surface area contributed by atoms with Gasteiger partial charge in [-0.15, -0.1) is 11.6 Å². The van der Waals surface area contributed by atoms with Crippen LogP contribution in [0.1, 0.15) is 40.5 Å². The number of halogens is 1. The van der Waals surface area contributed by atoms with Crippen molar-refractivity contribution in [3.05, 3.63) is 0 Å². The van der Waals surface area contributed by atoms with Crippen molar-refractivity contribution in [2.45, 2.75) is 40.5 Å². The highest BCUT2D eigenvalue weighted by molar-refractivity contribution is 6.15. The van der Waals surface area contributed by atoms with E-state index in [9.17, 15) is 4.79 Å². The number of carbonyl (C=O) groups excluding carboxylic acids is 1. The molecular formula is C10H21ClO. The lowest BCUT2D eigenvalue weighted by Gasteiger charge is -2.05. The van der Waals surface area contributed by atoms with Crippen molar-refractivity contribution in [3.8, 4) is 0 Å². The molecule has 0 unspecified atom stereocenters. The van der Waals surface area contributed by atoms with Crippen molar-refractivity contribution in [2.75, 3.05) is 6.38 Å². The molecule has 0 aliphatic carbocycles. The molecule has 0 aliphatic heterocycles. The smallest absolute Gasteiger partial charge is 0.133 e. The lowest BCUT2D eigenvalue weighted by atomic mass is 10.00. The Hall–Kier alpha value is -0.0400. The van der Waals surface area contributed by atoms with E-state index in [4.69, 9.17) is 0 Å². The van der Waals surface area contributed by atoms with E-state index in [1.54, 1.807) is 0 Å². The average molecular weight is 193 g/mol.